The highest BCUT2D eigenvalue weighted by Gasteiger charge is 2.37. The van der Waals surface area contributed by atoms with Crippen molar-refractivity contribution in [3.05, 3.63) is 220 Å². The normalized spacial score (nSPS) is 17.6. The second kappa shape index (κ2) is 20.2. The van der Waals surface area contributed by atoms with Gasteiger partial charge in [-0.05, 0) is 57.6 Å². The average Bonchev–Trinajstić information content (AvgIpc) is 3.31. The number of hydrogen-bond acceptors (Lipinski definition) is 5. The molecular weight excluding hydrogens is 816 g/mol. The van der Waals surface area contributed by atoms with Gasteiger partial charge in [0.15, 0.2) is 0 Å². The molecule has 310 valence electrons. The van der Waals surface area contributed by atoms with E-state index < -0.39 is 10.0 Å². The highest BCUT2D eigenvalue weighted by Crippen LogP contribution is 2.33. The van der Waals surface area contributed by atoms with Gasteiger partial charge in [0.05, 0.1) is 10.9 Å². The molecule has 2 atom stereocenters. The van der Waals surface area contributed by atoms with E-state index in [0.29, 0.717) is 30.6 Å². The third kappa shape index (κ3) is 10.7. The number of nitrogens with zero attached hydrogens (tertiary/aromatic N) is 3. The van der Waals surface area contributed by atoms with Gasteiger partial charge >= 0.3 is 0 Å². The Bertz CT molecular complexity index is 2580. The largest absolute Gasteiger partial charge is 0.308 e. The monoisotopic (exact) mass is 864 g/mol. The lowest BCUT2D eigenvalue weighted by molar-refractivity contribution is 0.129. The van der Waals surface area contributed by atoms with Crippen molar-refractivity contribution >= 4 is 33.2 Å². The zero-order chi connectivity index (χ0) is 42.0. The molecule has 7 aromatic carbocycles. The van der Waals surface area contributed by atoms with E-state index in [9.17, 15) is 8.42 Å². The Balaban J connectivity index is 0.000000176. The SMILES string of the molecule is Clc1ccccc1-c1ccc(CN2CCNC(c3ccccc3)C2)cc1.O=S(=O)(c1ccccc1)N1CCN(Cc2ccc(-c3ccccc3Cl)cc2)CC1c1ccccc1. The summed E-state index contributed by atoms with van der Waals surface area (Å²) in [5.41, 5.74) is 9.26. The van der Waals surface area contributed by atoms with Crippen molar-refractivity contribution in [3.8, 4) is 22.3 Å². The van der Waals surface area contributed by atoms with Crippen molar-refractivity contribution in [2.45, 2.75) is 30.1 Å². The first kappa shape index (κ1) is 42.6. The summed E-state index contributed by atoms with van der Waals surface area (Å²) in [7, 11) is -3.60. The summed E-state index contributed by atoms with van der Waals surface area (Å²) in [4.78, 5) is 5.20. The summed E-state index contributed by atoms with van der Waals surface area (Å²) in [5.74, 6) is 0. The standard InChI is InChI=1S/C29H27ClN2O2S.C23H23ClN2/c30-28-14-8-7-13-27(28)24-17-15-23(16-18-24)21-31-19-20-32(29(22-31)25-9-3-1-4-10-25)35(33,34)26-11-5-2-6-12-26;24-22-9-5-4-8-21(22)19-12-10-18(11-13-19)16-26-15-14-25-23(17-26)20-6-2-1-3-7-20/h1-18,29H,19-22H2;1-13,23,25H,14-17H2. The molecule has 6 nitrogen and oxygen atoms in total. The molecule has 0 bridgehead atoms. The predicted octanol–water partition coefficient (Wildman–Crippen LogP) is 11.4. The second-order valence-corrected chi connectivity index (χ2v) is 18.3. The van der Waals surface area contributed by atoms with Gasteiger partial charge in [-0.1, -0.05) is 187 Å². The van der Waals surface area contributed by atoms with Gasteiger partial charge in [-0.2, -0.15) is 4.31 Å². The Morgan fingerprint density at radius 2 is 0.951 bits per heavy atom. The Hall–Kier alpha value is -5.09. The Kier molecular flexibility index (Phi) is 14.1. The van der Waals surface area contributed by atoms with Crippen LogP contribution in [0.1, 0.15) is 34.3 Å². The maximum absolute atomic E-state index is 13.5. The van der Waals surface area contributed by atoms with Gasteiger partial charge in [-0.25, -0.2) is 8.42 Å². The van der Waals surface area contributed by atoms with Crippen molar-refractivity contribution in [1.82, 2.24) is 19.4 Å². The lowest BCUT2D eigenvalue weighted by atomic mass is 10.0. The van der Waals surface area contributed by atoms with Crippen LogP contribution in [-0.4, -0.2) is 61.8 Å². The minimum Gasteiger partial charge on any atom is -0.308 e. The van der Waals surface area contributed by atoms with Crippen LogP contribution >= 0.6 is 23.2 Å². The van der Waals surface area contributed by atoms with Crippen LogP contribution in [0.15, 0.2) is 193 Å². The Labute approximate surface area is 371 Å². The molecule has 9 heteroatoms. The summed E-state index contributed by atoms with van der Waals surface area (Å²) >= 11 is 12.7. The van der Waals surface area contributed by atoms with Crippen molar-refractivity contribution < 1.29 is 8.42 Å². The molecule has 2 heterocycles. The number of halogens is 2. The predicted molar refractivity (Wildman–Crippen MR) is 251 cm³/mol. The summed E-state index contributed by atoms with van der Waals surface area (Å²) in [6.07, 6.45) is 0. The smallest absolute Gasteiger partial charge is 0.243 e. The van der Waals surface area contributed by atoms with Crippen LogP contribution < -0.4 is 5.32 Å². The number of rotatable bonds is 10. The fraction of sp³-hybridized carbons (Fsp3) is 0.192. The molecule has 61 heavy (non-hydrogen) atoms. The van der Waals surface area contributed by atoms with Crippen molar-refractivity contribution in [2.75, 3.05) is 39.3 Å². The van der Waals surface area contributed by atoms with Crippen LogP contribution in [0, 0.1) is 0 Å². The molecular formula is C52H50Cl2N4O2S. The highest BCUT2D eigenvalue weighted by atomic mass is 35.5. The summed E-state index contributed by atoms with van der Waals surface area (Å²) in [6.45, 7) is 6.61. The number of hydrogen-bond donors (Lipinski definition) is 1. The van der Waals surface area contributed by atoms with Crippen LogP contribution in [0.3, 0.4) is 0 Å². The quantitative estimate of drug-likeness (QED) is 0.148. The van der Waals surface area contributed by atoms with E-state index >= 15 is 0 Å². The average molecular weight is 866 g/mol. The van der Waals surface area contributed by atoms with Crippen LogP contribution in [0.5, 0.6) is 0 Å². The molecule has 2 saturated heterocycles. The third-order valence-corrected chi connectivity index (χ3v) is 14.1. The molecule has 0 saturated carbocycles. The number of piperazine rings is 2. The van der Waals surface area contributed by atoms with Crippen molar-refractivity contribution in [3.63, 3.8) is 0 Å². The van der Waals surface area contributed by atoms with E-state index in [1.54, 1.807) is 28.6 Å². The van der Waals surface area contributed by atoms with Gasteiger partial charge in [-0.3, -0.25) is 9.80 Å². The van der Waals surface area contributed by atoms with Crippen LogP contribution in [0.4, 0.5) is 0 Å². The van der Waals surface area contributed by atoms with Crippen molar-refractivity contribution in [1.29, 1.82) is 0 Å². The third-order valence-electron chi connectivity index (χ3n) is 11.5. The van der Waals surface area contributed by atoms with Gasteiger partial charge in [0.25, 0.3) is 0 Å². The maximum atomic E-state index is 13.5. The van der Waals surface area contributed by atoms with Gasteiger partial charge in [0.2, 0.25) is 10.0 Å². The molecule has 2 unspecified atom stereocenters. The van der Waals surface area contributed by atoms with Gasteiger partial charge in [0, 0.05) is 79.6 Å². The zero-order valence-corrected chi connectivity index (χ0v) is 36.4. The topological polar surface area (TPSA) is 55.9 Å². The summed E-state index contributed by atoms with van der Waals surface area (Å²) in [5, 5.41) is 5.17. The van der Waals surface area contributed by atoms with E-state index in [-0.39, 0.29) is 6.04 Å². The van der Waals surface area contributed by atoms with Crippen LogP contribution in [-0.2, 0) is 23.1 Å². The summed E-state index contributed by atoms with van der Waals surface area (Å²) in [6, 6.07) is 62.6. The van der Waals surface area contributed by atoms with E-state index in [1.165, 1.54) is 22.3 Å². The number of sulfonamides is 1. The first-order valence-corrected chi connectivity index (χ1v) is 23.0. The van der Waals surface area contributed by atoms with E-state index in [4.69, 9.17) is 23.2 Å². The Morgan fingerprint density at radius 3 is 1.48 bits per heavy atom. The molecule has 7 aromatic rings. The fourth-order valence-electron chi connectivity index (χ4n) is 8.28. The molecule has 0 spiro atoms. The van der Waals surface area contributed by atoms with Gasteiger partial charge in [0.1, 0.15) is 0 Å². The molecule has 2 fully saturated rings. The number of nitrogens with one attached hydrogen (secondary N) is 1. The molecule has 1 N–H and O–H groups in total. The van der Waals surface area contributed by atoms with Crippen LogP contribution in [0.2, 0.25) is 10.0 Å². The van der Waals surface area contributed by atoms with E-state index in [1.807, 2.05) is 78.9 Å². The van der Waals surface area contributed by atoms with Gasteiger partial charge in [-0.15, -0.1) is 0 Å². The van der Waals surface area contributed by atoms with Crippen molar-refractivity contribution in [2.24, 2.45) is 0 Å². The molecule has 2 aliphatic rings. The molecule has 0 amide bonds. The first-order chi connectivity index (χ1) is 29.8. The minimum atomic E-state index is -3.60. The molecule has 2 aliphatic heterocycles. The van der Waals surface area contributed by atoms with Gasteiger partial charge < -0.3 is 5.32 Å². The fourth-order valence-corrected chi connectivity index (χ4v) is 10.4. The number of benzene rings is 7. The molecule has 0 aliphatic carbocycles. The zero-order valence-electron chi connectivity index (χ0n) is 34.0. The minimum absolute atomic E-state index is 0.252. The molecule has 0 aromatic heterocycles. The molecule has 0 radical (unpaired) electrons. The second-order valence-electron chi connectivity index (χ2n) is 15.6. The van der Waals surface area contributed by atoms with E-state index in [0.717, 1.165) is 65.0 Å². The Morgan fingerprint density at radius 1 is 0.492 bits per heavy atom. The molecule has 9 rings (SSSR count). The van der Waals surface area contributed by atoms with Crippen LogP contribution in [0.25, 0.3) is 22.3 Å². The lowest BCUT2D eigenvalue weighted by Crippen LogP contribution is -2.50. The highest BCUT2D eigenvalue weighted by molar-refractivity contribution is 7.89. The van der Waals surface area contributed by atoms with E-state index in [2.05, 4.69) is 100 Å². The lowest BCUT2D eigenvalue weighted by Gasteiger charge is -2.41. The first-order valence-electron chi connectivity index (χ1n) is 20.8. The maximum Gasteiger partial charge on any atom is 0.243 e. The summed E-state index contributed by atoms with van der Waals surface area (Å²) < 4.78 is 28.7.